The fourth-order valence-corrected chi connectivity index (χ4v) is 3.52. The highest BCUT2D eigenvalue weighted by molar-refractivity contribution is 4.79. The van der Waals surface area contributed by atoms with Crippen LogP contribution >= 0.6 is 0 Å². The van der Waals surface area contributed by atoms with E-state index in [1.54, 1.807) is 0 Å². The van der Waals surface area contributed by atoms with Crippen LogP contribution in [-0.4, -0.2) is 37.1 Å². The van der Waals surface area contributed by atoms with Crippen LogP contribution in [0.25, 0.3) is 0 Å². The smallest absolute Gasteiger partial charge is 0.00679 e. The average Bonchev–Trinajstić information content (AvgIpc) is 2.47. The number of likely N-dealkylation sites (tertiary alicyclic amines) is 1. The predicted octanol–water partition coefficient (Wildman–Crippen LogP) is 4.69. The van der Waals surface area contributed by atoms with Crippen LogP contribution in [0.2, 0.25) is 0 Å². The molecule has 1 rings (SSSR count). The molecule has 0 bridgehead atoms. The minimum Gasteiger partial charge on any atom is -0.314 e. The Morgan fingerprint density at radius 2 is 1.67 bits per heavy atom. The SMILES string of the molecule is CCCN1CCC(C(C)NCCCCCCC(C)C)CC1. The molecule has 1 unspecified atom stereocenters. The normalized spacial score (nSPS) is 19.3. The van der Waals surface area contributed by atoms with E-state index in [1.165, 1.54) is 77.5 Å². The molecule has 0 aromatic heterocycles. The van der Waals surface area contributed by atoms with Gasteiger partial charge < -0.3 is 10.2 Å². The minimum absolute atomic E-state index is 0.712. The topological polar surface area (TPSA) is 15.3 Å². The Kier molecular flexibility index (Phi) is 10.4. The molecule has 1 N–H and O–H groups in total. The fourth-order valence-electron chi connectivity index (χ4n) is 3.52. The van der Waals surface area contributed by atoms with Gasteiger partial charge in [-0.2, -0.15) is 0 Å². The van der Waals surface area contributed by atoms with E-state index in [0.717, 1.165) is 11.8 Å². The van der Waals surface area contributed by atoms with Crippen LogP contribution in [0.15, 0.2) is 0 Å². The molecule has 1 fully saturated rings. The van der Waals surface area contributed by atoms with Gasteiger partial charge in [0.2, 0.25) is 0 Å². The van der Waals surface area contributed by atoms with Crippen LogP contribution in [0.4, 0.5) is 0 Å². The molecule has 0 aromatic rings. The Labute approximate surface area is 134 Å². The van der Waals surface area contributed by atoms with E-state index in [-0.39, 0.29) is 0 Å². The summed E-state index contributed by atoms with van der Waals surface area (Å²) in [6.45, 7) is 14.5. The van der Waals surface area contributed by atoms with Crippen molar-refractivity contribution in [1.29, 1.82) is 0 Å². The van der Waals surface area contributed by atoms with Gasteiger partial charge in [0, 0.05) is 6.04 Å². The molecule has 0 aromatic carbocycles. The number of nitrogens with one attached hydrogen (secondary N) is 1. The molecule has 0 aliphatic carbocycles. The number of hydrogen-bond donors (Lipinski definition) is 1. The molecule has 1 saturated heterocycles. The monoisotopic (exact) mass is 296 g/mol. The molecule has 1 aliphatic heterocycles. The summed E-state index contributed by atoms with van der Waals surface area (Å²) < 4.78 is 0. The van der Waals surface area contributed by atoms with Crippen LogP contribution in [0.5, 0.6) is 0 Å². The van der Waals surface area contributed by atoms with Gasteiger partial charge in [0.1, 0.15) is 0 Å². The standard InChI is InChI=1S/C19H40N2/c1-5-14-21-15-11-19(12-16-21)18(4)20-13-9-7-6-8-10-17(2)3/h17-20H,5-16H2,1-4H3. The lowest BCUT2D eigenvalue weighted by Crippen LogP contribution is -2.42. The van der Waals surface area contributed by atoms with Gasteiger partial charge in [0.15, 0.2) is 0 Å². The number of piperidine rings is 1. The molecule has 0 amide bonds. The molecule has 2 heteroatoms. The summed E-state index contributed by atoms with van der Waals surface area (Å²) in [5, 5.41) is 3.78. The van der Waals surface area contributed by atoms with E-state index in [9.17, 15) is 0 Å². The van der Waals surface area contributed by atoms with Gasteiger partial charge in [0.25, 0.3) is 0 Å². The molecule has 1 atom stereocenters. The Morgan fingerprint density at radius 1 is 1.00 bits per heavy atom. The Hall–Kier alpha value is -0.0800. The van der Waals surface area contributed by atoms with Crippen LogP contribution in [0.1, 0.15) is 79.1 Å². The molecule has 0 radical (unpaired) electrons. The Bertz CT molecular complexity index is 232. The van der Waals surface area contributed by atoms with E-state index in [4.69, 9.17) is 0 Å². The summed E-state index contributed by atoms with van der Waals surface area (Å²) in [5.74, 6) is 1.78. The third kappa shape index (κ3) is 8.83. The summed E-state index contributed by atoms with van der Waals surface area (Å²) in [5.41, 5.74) is 0. The average molecular weight is 297 g/mol. The van der Waals surface area contributed by atoms with E-state index in [2.05, 4.69) is 37.9 Å². The lowest BCUT2D eigenvalue weighted by Gasteiger charge is -2.35. The van der Waals surface area contributed by atoms with Gasteiger partial charge in [-0.3, -0.25) is 0 Å². The van der Waals surface area contributed by atoms with Crippen LogP contribution in [0, 0.1) is 11.8 Å². The third-order valence-corrected chi connectivity index (χ3v) is 5.05. The van der Waals surface area contributed by atoms with Crippen molar-refractivity contribution in [2.45, 2.75) is 85.1 Å². The molecule has 2 nitrogen and oxygen atoms in total. The maximum Gasteiger partial charge on any atom is 0.00679 e. The first kappa shape index (κ1) is 19.0. The van der Waals surface area contributed by atoms with Gasteiger partial charge in [-0.05, 0) is 70.6 Å². The Balaban J connectivity index is 1.98. The molecule has 0 spiro atoms. The van der Waals surface area contributed by atoms with Gasteiger partial charge in [-0.15, -0.1) is 0 Å². The molecular formula is C19H40N2. The molecule has 1 aliphatic rings. The van der Waals surface area contributed by atoms with Crippen molar-refractivity contribution in [2.75, 3.05) is 26.2 Å². The van der Waals surface area contributed by atoms with E-state index >= 15 is 0 Å². The number of hydrogen-bond acceptors (Lipinski definition) is 2. The van der Waals surface area contributed by atoms with Crippen molar-refractivity contribution >= 4 is 0 Å². The zero-order chi connectivity index (χ0) is 15.5. The van der Waals surface area contributed by atoms with Crippen molar-refractivity contribution in [3.05, 3.63) is 0 Å². The van der Waals surface area contributed by atoms with Crippen LogP contribution in [0.3, 0.4) is 0 Å². The third-order valence-electron chi connectivity index (χ3n) is 5.05. The predicted molar refractivity (Wildman–Crippen MR) is 94.8 cm³/mol. The maximum absolute atomic E-state index is 3.78. The lowest BCUT2D eigenvalue weighted by atomic mass is 9.90. The van der Waals surface area contributed by atoms with Crippen LogP contribution < -0.4 is 5.32 Å². The second kappa shape index (κ2) is 11.5. The number of rotatable bonds is 11. The first-order chi connectivity index (χ1) is 10.1. The summed E-state index contributed by atoms with van der Waals surface area (Å²) in [7, 11) is 0. The van der Waals surface area contributed by atoms with Crippen molar-refractivity contribution in [3.63, 3.8) is 0 Å². The van der Waals surface area contributed by atoms with Crippen molar-refractivity contribution in [2.24, 2.45) is 11.8 Å². The summed E-state index contributed by atoms with van der Waals surface area (Å²) in [6, 6.07) is 0.712. The number of unbranched alkanes of at least 4 members (excludes halogenated alkanes) is 3. The van der Waals surface area contributed by atoms with Crippen molar-refractivity contribution in [1.82, 2.24) is 10.2 Å². The molecule has 1 heterocycles. The second-order valence-electron chi connectivity index (χ2n) is 7.52. The molecule has 0 saturated carbocycles. The highest BCUT2D eigenvalue weighted by Crippen LogP contribution is 2.20. The number of nitrogens with zero attached hydrogens (tertiary/aromatic N) is 1. The van der Waals surface area contributed by atoms with Crippen molar-refractivity contribution < 1.29 is 0 Å². The highest BCUT2D eigenvalue weighted by Gasteiger charge is 2.22. The zero-order valence-electron chi connectivity index (χ0n) is 15.2. The zero-order valence-corrected chi connectivity index (χ0v) is 15.2. The lowest BCUT2D eigenvalue weighted by molar-refractivity contribution is 0.163. The Morgan fingerprint density at radius 3 is 2.29 bits per heavy atom. The first-order valence-corrected chi connectivity index (χ1v) is 9.59. The maximum atomic E-state index is 3.78. The summed E-state index contributed by atoms with van der Waals surface area (Å²) in [6.07, 6.45) is 11.1. The largest absolute Gasteiger partial charge is 0.314 e. The van der Waals surface area contributed by atoms with Gasteiger partial charge >= 0.3 is 0 Å². The van der Waals surface area contributed by atoms with Gasteiger partial charge in [0.05, 0.1) is 0 Å². The quantitative estimate of drug-likeness (QED) is 0.556. The van der Waals surface area contributed by atoms with E-state index in [0.29, 0.717) is 6.04 Å². The second-order valence-corrected chi connectivity index (χ2v) is 7.52. The first-order valence-electron chi connectivity index (χ1n) is 9.59. The fraction of sp³-hybridized carbons (Fsp3) is 1.00. The van der Waals surface area contributed by atoms with E-state index in [1.807, 2.05) is 0 Å². The van der Waals surface area contributed by atoms with Crippen LogP contribution in [-0.2, 0) is 0 Å². The van der Waals surface area contributed by atoms with Gasteiger partial charge in [-0.25, -0.2) is 0 Å². The molecule has 126 valence electrons. The minimum atomic E-state index is 0.712. The van der Waals surface area contributed by atoms with E-state index < -0.39 is 0 Å². The molecule has 21 heavy (non-hydrogen) atoms. The van der Waals surface area contributed by atoms with Crippen molar-refractivity contribution in [3.8, 4) is 0 Å². The highest BCUT2D eigenvalue weighted by atomic mass is 15.1. The molecular weight excluding hydrogens is 256 g/mol. The summed E-state index contributed by atoms with van der Waals surface area (Å²) in [4.78, 5) is 2.64. The van der Waals surface area contributed by atoms with Gasteiger partial charge in [-0.1, -0.05) is 46.5 Å². The summed E-state index contributed by atoms with van der Waals surface area (Å²) >= 11 is 0.